The molecule has 0 aliphatic rings. The maximum Gasteiger partial charge on any atom is 0.249 e. The summed E-state index contributed by atoms with van der Waals surface area (Å²) in [5.74, 6) is -0.578. The zero-order chi connectivity index (χ0) is 38.9. The molecule has 0 saturated heterocycles. The molecule has 0 aliphatic heterocycles. The number of rotatable bonds is 44. The Balaban J connectivity index is 3.63. The SMILES string of the molecule is CCCCCCCCCCCCCCCCCCCCCCCCCC(O)C(=O)NC(CO)C(O)C(O)CCCCCCCCCCCCCCCC. The number of nitrogens with one attached hydrogen (secondary N) is 1. The van der Waals surface area contributed by atoms with Crippen molar-refractivity contribution >= 4 is 5.91 Å². The molecule has 1 amide bonds. The summed E-state index contributed by atoms with van der Waals surface area (Å²) in [6.45, 7) is 4.07. The van der Waals surface area contributed by atoms with Crippen LogP contribution in [0.1, 0.15) is 264 Å². The highest BCUT2D eigenvalue weighted by atomic mass is 16.3. The van der Waals surface area contributed by atoms with Crippen molar-refractivity contribution in [3.63, 3.8) is 0 Å². The van der Waals surface area contributed by atoms with Crippen LogP contribution in [0.3, 0.4) is 0 Å². The highest BCUT2D eigenvalue weighted by Crippen LogP contribution is 2.18. The van der Waals surface area contributed by atoms with Gasteiger partial charge in [-0.1, -0.05) is 251 Å². The summed E-state index contributed by atoms with van der Waals surface area (Å²) in [7, 11) is 0. The van der Waals surface area contributed by atoms with Crippen LogP contribution < -0.4 is 5.32 Å². The lowest BCUT2D eigenvalue weighted by molar-refractivity contribution is -0.132. The van der Waals surface area contributed by atoms with Crippen LogP contribution in [0.5, 0.6) is 0 Å². The molecular formula is C47H95NO5. The van der Waals surface area contributed by atoms with Gasteiger partial charge in [0, 0.05) is 0 Å². The first-order valence-corrected chi connectivity index (χ1v) is 23.9. The van der Waals surface area contributed by atoms with Gasteiger partial charge in [-0.05, 0) is 12.8 Å². The summed E-state index contributed by atoms with van der Waals surface area (Å²) in [6, 6.07) is -0.979. The summed E-state index contributed by atoms with van der Waals surface area (Å²) in [5, 5.41) is 43.8. The lowest BCUT2D eigenvalue weighted by atomic mass is 9.99. The van der Waals surface area contributed by atoms with Crippen molar-refractivity contribution in [1.82, 2.24) is 5.32 Å². The van der Waals surface area contributed by atoms with Gasteiger partial charge in [0.1, 0.15) is 12.2 Å². The van der Waals surface area contributed by atoms with E-state index in [-0.39, 0.29) is 0 Å². The average molecular weight is 754 g/mol. The van der Waals surface area contributed by atoms with Crippen molar-refractivity contribution in [1.29, 1.82) is 0 Å². The van der Waals surface area contributed by atoms with E-state index in [9.17, 15) is 25.2 Å². The molecule has 0 aliphatic carbocycles. The Kier molecular flexibility index (Phi) is 41.9. The molecule has 0 aromatic carbocycles. The molecule has 0 saturated carbocycles. The molecule has 6 nitrogen and oxygen atoms in total. The zero-order valence-electron chi connectivity index (χ0n) is 35.8. The highest BCUT2D eigenvalue weighted by molar-refractivity contribution is 5.80. The molecule has 0 rings (SSSR count). The fourth-order valence-electron chi connectivity index (χ4n) is 7.76. The zero-order valence-corrected chi connectivity index (χ0v) is 35.8. The number of aliphatic hydroxyl groups is 4. The van der Waals surface area contributed by atoms with Crippen molar-refractivity contribution < 1.29 is 25.2 Å². The van der Waals surface area contributed by atoms with Gasteiger partial charge in [-0.25, -0.2) is 0 Å². The van der Waals surface area contributed by atoms with E-state index in [2.05, 4.69) is 19.2 Å². The number of carbonyl (C=O) groups is 1. The van der Waals surface area contributed by atoms with Crippen LogP contribution >= 0.6 is 0 Å². The van der Waals surface area contributed by atoms with Crippen molar-refractivity contribution in [2.75, 3.05) is 6.61 Å². The second-order valence-corrected chi connectivity index (χ2v) is 16.8. The summed E-state index contributed by atoms with van der Waals surface area (Å²) in [5.41, 5.74) is 0. The lowest BCUT2D eigenvalue weighted by Gasteiger charge is -2.27. The molecule has 0 fully saturated rings. The van der Waals surface area contributed by atoms with E-state index < -0.39 is 36.9 Å². The molecule has 0 spiro atoms. The third-order valence-electron chi connectivity index (χ3n) is 11.6. The van der Waals surface area contributed by atoms with E-state index in [1.54, 1.807) is 0 Å². The minimum Gasteiger partial charge on any atom is -0.394 e. The van der Waals surface area contributed by atoms with Crippen LogP contribution in [0, 0.1) is 0 Å². The molecule has 4 atom stereocenters. The Morgan fingerprint density at radius 3 is 0.906 bits per heavy atom. The Morgan fingerprint density at radius 2 is 0.642 bits per heavy atom. The second kappa shape index (κ2) is 42.5. The Hall–Kier alpha value is -0.690. The van der Waals surface area contributed by atoms with Gasteiger partial charge in [0.05, 0.1) is 18.8 Å². The molecule has 53 heavy (non-hydrogen) atoms. The van der Waals surface area contributed by atoms with Gasteiger partial charge >= 0.3 is 0 Å². The summed E-state index contributed by atoms with van der Waals surface area (Å²) < 4.78 is 0. The number of hydrogen-bond donors (Lipinski definition) is 5. The van der Waals surface area contributed by atoms with Crippen molar-refractivity contribution in [2.45, 2.75) is 289 Å². The van der Waals surface area contributed by atoms with E-state index in [4.69, 9.17) is 0 Å². The third-order valence-corrected chi connectivity index (χ3v) is 11.6. The van der Waals surface area contributed by atoms with Crippen LogP contribution in [0.2, 0.25) is 0 Å². The Labute approximate surface area is 330 Å². The van der Waals surface area contributed by atoms with Gasteiger partial charge in [-0.3, -0.25) is 4.79 Å². The van der Waals surface area contributed by atoms with Gasteiger partial charge in [0.2, 0.25) is 5.91 Å². The molecule has 0 aromatic rings. The van der Waals surface area contributed by atoms with Gasteiger partial charge in [-0.15, -0.1) is 0 Å². The Morgan fingerprint density at radius 1 is 0.396 bits per heavy atom. The molecule has 318 valence electrons. The number of hydrogen-bond acceptors (Lipinski definition) is 5. The van der Waals surface area contributed by atoms with E-state index in [0.717, 1.165) is 38.5 Å². The lowest BCUT2D eigenvalue weighted by Crippen LogP contribution is -2.53. The minimum absolute atomic E-state index is 0.376. The van der Waals surface area contributed by atoms with Crippen LogP contribution in [0.25, 0.3) is 0 Å². The minimum atomic E-state index is -1.25. The molecule has 4 unspecified atom stereocenters. The number of aliphatic hydroxyl groups excluding tert-OH is 4. The van der Waals surface area contributed by atoms with E-state index in [1.165, 1.54) is 199 Å². The van der Waals surface area contributed by atoms with Gasteiger partial charge in [-0.2, -0.15) is 0 Å². The van der Waals surface area contributed by atoms with Crippen LogP contribution in [0.4, 0.5) is 0 Å². The smallest absolute Gasteiger partial charge is 0.249 e. The predicted octanol–water partition coefficient (Wildman–Crippen LogP) is 12.8. The summed E-state index contributed by atoms with van der Waals surface area (Å²) in [6.07, 6.45) is 45.7. The second-order valence-electron chi connectivity index (χ2n) is 16.8. The third kappa shape index (κ3) is 36.7. The molecule has 5 N–H and O–H groups in total. The largest absolute Gasteiger partial charge is 0.394 e. The molecular weight excluding hydrogens is 659 g/mol. The fraction of sp³-hybridized carbons (Fsp3) is 0.979. The number of unbranched alkanes of at least 4 members (excludes halogenated alkanes) is 35. The Bertz CT molecular complexity index is 721. The average Bonchev–Trinajstić information content (AvgIpc) is 3.16. The molecule has 0 heterocycles. The summed E-state index contributed by atoms with van der Waals surface area (Å²) in [4.78, 5) is 12.5. The van der Waals surface area contributed by atoms with Gasteiger partial charge in [0.15, 0.2) is 0 Å². The maximum atomic E-state index is 12.5. The highest BCUT2D eigenvalue weighted by Gasteiger charge is 2.28. The molecule has 0 radical (unpaired) electrons. The van der Waals surface area contributed by atoms with Gasteiger partial charge in [0.25, 0.3) is 0 Å². The van der Waals surface area contributed by atoms with Crippen LogP contribution in [-0.2, 0) is 4.79 Å². The van der Waals surface area contributed by atoms with E-state index in [0.29, 0.717) is 12.8 Å². The van der Waals surface area contributed by atoms with Crippen LogP contribution in [0.15, 0.2) is 0 Å². The van der Waals surface area contributed by atoms with Crippen molar-refractivity contribution in [3.05, 3.63) is 0 Å². The molecule has 6 heteroatoms. The molecule has 0 aromatic heterocycles. The van der Waals surface area contributed by atoms with Gasteiger partial charge < -0.3 is 25.7 Å². The molecule has 0 bridgehead atoms. The standard InChI is InChI=1S/C47H95NO5/c1-3-5-7-9-11-13-15-17-19-20-21-22-23-24-25-26-27-29-31-33-35-37-39-41-45(51)47(53)48-43(42-49)46(52)44(50)40-38-36-34-32-30-28-18-16-14-12-10-8-6-4-2/h43-46,49-52H,3-42H2,1-2H3,(H,48,53). The van der Waals surface area contributed by atoms with E-state index >= 15 is 0 Å². The number of amides is 1. The maximum absolute atomic E-state index is 12.5. The monoisotopic (exact) mass is 754 g/mol. The predicted molar refractivity (Wildman–Crippen MR) is 228 cm³/mol. The number of carbonyl (C=O) groups excluding carboxylic acids is 1. The quantitative estimate of drug-likeness (QED) is 0.0398. The van der Waals surface area contributed by atoms with Crippen LogP contribution in [-0.4, -0.2) is 57.3 Å². The topological polar surface area (TPSA) is 110 Å². The normalized spacial score (nSPS) is 14.0. The van der Waals surface area contributed by atoms with E-state index in [1.807, 2.05) is 0 Å². The first-order chi connectivity index (χ1) is 26.0. The first kappa shape index (κ1) is 52.3. The fourth-order valence-corrected chi connectivity index (χ4v) is 7.76. The van der Waals surface area contributed by atoms with Crippen molar-refractivity contribution in [3.8, 4) is 0 Å². The van der Waals surface area contributed by atoms with Crippen molar-refractivity contribution in [2.24, 2.45) is 0 Å². The first-order valence-electron chi connectivity index (χ1n) is 23.9. The summed E-state index contributed by atoms with van der Waals surface area (Å²) >= 11 is 0.